The Balaban J connectivity index is 1.74. The zero-order valence-electron chi connectivity index (χ0n) is 15.4. The lowest BCUT2D eigenvalue weighted by molar-refractivity contribution is -0.121. The molecule has 0 aliphatic heterocycles. The summed E-state index contributed by atoms with van der Waals surface area (Å²) >= 11 is 0. The van der Waals surface area contributed by atoms with Crippen molar-refractivity contribution in [1.82, 2.24) is 4.72 Å². The molecule has 0 radical (unpaired) electrons. The van der Waals surface area contributed by atoms with Gasteiger partial charge in [-0.05, 0) is 48.6 Å². The topological polar surface area (TPSA) is 89.5 Å². The number of rotatable bonds is 5. The van der Waals surface area contributed by atoms with Crippen LogP contribution in [-0.4, -0.2) is 26.7 Å². The Hall–Kier alpha value is -2.67. The number of hydrogen-bond acceptors (Lipinski definition) is 5. The number of ether oxygens (including phenoxy) is 1. The van der Waals surface area contributed by atoms with E-state index in [0.29, 0.717) is 23.3 Å². The van der Waals surface area contributed by atoms with Crippen molar-refractivity contribution in [3.8, 4) is 5.75 Å². The second-order valence-corrected chi connectivity index (χ2v) is 8.43. The van der Waals surface area contributed by atoms with Crippen LogP contribution in [0, 0.1) is 13.8 Å². The molecule has 142 valence electrons. The molecule has 1 amide bonds. The van der Waals surface area contributed by atoms with Crippen LogP contribution in [0.25, 0.3) is 0 Å². The fourth-order valence-corrected chi connectivity index (χ4v) is 4.68. The van der Waals surface area contributed by atoms with Gasteiger partial charge in [0.2, 0.25) is 0 Å². The van der Waals surface area contributed by atoms with Crippen LogP contribution in [0.15, 0.2) is 41.3 Å². The van der Waals surface area contributed by atoms with Crippen molar-refractivity contribution in [3.63, 3.8) is 0 Å². The third-order valence-corrected chi connectivity index (χ3v) is 6.21. The molecule has 7 heteroatoms. The Kier molecular flexibility index (Phi) is 5.06. The number of benzene rings is 2. The van der Waals surface area contributed by atoms with Crippen molar-refractivity contribution in [2.24, 2.45) is 0 Å². The summed E-state index contributed by atoms with van der Waals surface area (Å²) in [5.74, 6) is -0.407. The van der Waals surface area contributed by atoms with Crippen LogP contribution in [0.3, 0.4) is 0 Å². The van der Waals surface area contributed by atoms with E-state index >= 15 is 0 Å². The quantitative estimate of drug-likeness (QED) is 0.852. The first-order valence-corrected chi connectivity index (χ1v) is 10.1. The zero-order valence-corrected chi connectivity index (χ0v) is 16.2. The molecule has 0 saturated carbocycles. The molecule has 1 N–H and O–H groups in total. The summed E-state index contributed by atoms with van der Waals surface area (Å²) in [5.41, 5.74) is 2.97. The van der Waals surface area contributed by atoms with Gasteiger partial charge in [0.15, 0.2) is 12.4 Å². The van der Waals surface area contributed by atoms with Gasteiger partial charge in [-0.2, -0.15) is 0 Å². The summed E-state index contributed by atoms with van der Waals surface area (Å²) in [6.45, 7) is 5.06. The van der Waals surface area contributed by atoms with E-state index in [1.54, 1.807) is 31.2 Å². The Bertz CT molecular complexity index is 1030. The number of hydrogen-bond donors (Lipinski definition) is 1. The smallest absolute Gasteiger partial charge is 0.271 e. The number of carbonyl (C=O) groups is 2. The van der Waals surface area contributed by atoms with Gasteiger partial charge in [0, 0.05) is 6.42 Å². The van der Waals surface area contributed by atoms with E-state index in [0.717, 1.165) is 11.1 Å². The van der Waals surface area contributed by atoms with Crippen molar-refractivity contribution in [2.45, 2.75) is 38.0 Å². The third-order valence-electron chi connectivity index (χ3n) is 4.68. The van der Waals surface area contributed by atoms with Crippen LogP contribution in [0.5, 0.6) is 5.75 Å². The number of ketones is 1. The molecule has 0 aromatic heterocycles. The summed E-state index contributed by atoms with van der Waals surface area (Å²) in [6.07, 6.45) is 0.407. The predicted octanol–water partition coefficient (Wildman–Crippen LogP) is 2.88. The summed E-state index contributed by atoms with van der Waals surface area (Å²) in [4.78, 5) is 24.4. The standard InChI is InChI=1S/C20H21NO5S/c1-12-6-4-5-7-17(12)27(24,25)21-18(23)11-26-16-9-8-13(2)19-14(3)10-15(22)20(16)19/h4-9,14H,10-11H2,1-3H3,(H,21,23). The lowest BCUT2D eigenvalue weighted by atomic mass is 9.97. The molecular weight excluding hydrogens is 366 g/mol. The van der Waals surface area contributed by atoms with Crippen LogP contribution in [-0.2, 0) is 14.8 Å². The Morgan fingerprint density at radius 3 is 2.56 bits per heavy atom. The molecule has 0 saturated heterocycles. The van der Waals surface area contributed by atoms with Crippen molar-refractivity contribution in [2.75, 3.05) is 6.61 Å². The maximum Gasteiger partial charge on any atom is 0.271 e. The first-order valence-electron chi connectivity index (χ1n) is 8.61. The van der Waals surface area contributed by atoms with Gasteiger partial charge in [-0.15, -0.1) is 0 Å². The van der Waals surface area contributed by atoms with E-state index < -0.39 is 22.5 Å². The zero-order chi connectivity index (χ0) is 19.8. The number of aryl methyl sites for hydroxylation is 2. The summed E-state index contributed by atoms with van der Waals surface area (Å²) in [7, 11) is -3.98. The van der Waals surface area contributed by atoms with E-state index in [4.69, 9.17) is 4.74 Å². The first-order chi connectivity index (χ1) is 12.7. The van der Waals surface area contributed by atoms with Gasteiger partial charge in [0.05, 0.1) is 10.5 Å². The van der Waals surface area contributed by atoms with Crippen LogP contribution in [0.4, 0.5) is 0 Å². The van der Waals surface area contributed by atoms with Crippen molar-refractivity contribution in [1.29, 1.82) is 0 Å². The fraction of sp³-hybridized carbons (Fsp3) is 0.300. The minimum Gasteiger partial charge on any atom is -0.483 e. The highest BCUT2D eigenvalue weighted by Gasteiger charge is 2.31. The van der Waals surface area contributed by atoms with Gasteiger partial charge < -0.3 is 4.74 Å². The lowest BCUT2D eigenvalue weighted by Gasteiger charge is -2.14. The number of amides is 1. The minimum atomic E-state index is -3.98. The van der Waals surface area contributed by atoms with Crippen LogP contribution >= 0.6 is 0 Å². The van der Waals surface area contributed by atoms with Gasteiger partial charge in [0.25, 0.3) is 15.9 Å². The van der Waals surface area contributed by atoms with Crippen molar-refractivity contribution < 1.29 is 22.7 Å². The second-order valence-electron chi connectivity index (χ2n) is 6.78. The van der Waals surface area contributed by atoms with Gasteiger partial charge in [-0.3, -0.25) is 9.59 Å². The summed E-state index contributed by atoms with van der Waals surface area (Å²) in [5, 5.41) is 0. The molecule has 0 spiro atoms. The maximum absolute atomic E-state index is 12.4. The Labute approximate surface area is 158 Å². The fourth-order valence-electron chi connectivity index (χ4n) is 3.46. The lowest BCUT2D eigenvalue weighted by Crippen LogP contribution is -2.34. The minimum absolute atomic E-state index is 0.0239. The van der Waals surface area contributed by atoms with Gasteiger partial charge in [-0.1, -0.05) is 31.2 Å². The molecule has 1 atom stereocenters. The molecule has 2 aromatic carbocycles. The molecule has 6 nitrogen and oxygen atoms in total. The average Bonchev–Trinajstić information content (AvgIpc) is 2.90. The Morgan fingerprint density at radius 2 is 1.85 bits per heavy atom. The second kappa shape index (κ2) is 7.15. The largest absolute Gasteiger partial charge is 0.483 e. The van der Waals surface area contributed by atoms with Crippen LogP contribution in [0.1, 0.15) is 46.3 Å². The van der Waals surface area contributed by atoms with Gasteiger partial charge in [-0.25, -0.2) is 13.1 Å². The summed E-state index contributed by atoms with van der Waals surface area (Å²) < 4.78 is 32.2. The molecule has 2 aromatic rings. The molecule has 27 heavy (non-hydrogen) atoms. The average molecular weight is 387 g/mol. The number of fused-ring (bicyclic) bond motifs is 1. The maximum atomic E-state index is 12.4. The summed E-state index contributed by atoms with van der Waals surface area (Å²) in [6, 6.07) is 9.87. The van der Waals surface area contributed by atoms with Gasteiger partial charge in [0.1, 0.15) is 5.75 Å². The number of Topliss-reactive ketones (excluding diaryl/α,β-unsaturated/α-hetero) is 1. The molecule has 1 aliphatic rings. The van der Waals surface area contributed by atoms with Crippen LogP contribution in [0.2, 0.25) is 0 Å². The highest BCUT2D eigenvalue weighted by molar-refractivity contribution is 7.90. The number of carbonyl (C=O) groups excluding carboxylic acids is 2. The van der Waals surface area contributed by atoms with E-state index in [1.165, 1.54) is 6.07 Å². The molecule has 0 bridgehead atoms. The Morgan fingerprint density at radius 1 is 1.15 bits per heavy atom. The monoisotopic (exact) mass is 387 g/mol. The highest BCUT2D eigenvalue weighted by atomic mass is 32.2. The molecule has 1 aliphatic carbocycles. The van der Waals surface area contributed by atoms with Crippen LogP contribution < -0.4 is 9.46 Å². The number of sulfonamides is 1. The SMILES string of the molecule is Cc1ccccc1S(=O)(=O)NC(=O)COc1ccc(C)c2c1C(=O)CC2C. The van der Waals surface area contributed by atoms with Gasteiger partial charge >= 0.3 is 0 Å². The third kappa shape index (κ3) is 3.73. The first kappa shape index (κ1) is 19.1. The highest BCUT2D eigenvalue weighted by Crippen LogP contribution is 2.40. The molecule has 0 heterocycles. The van der Waals surface area contributed by atoms with Crippen molar-refractivity contribution in [3.05, 3.63) is 58.7 Å². The van der Waals surface area contributed by atoms with Crippen molar-refractivity contribution >= 4 is 21.7 Å². The molecule has 3 rings (SSSR count). The predicted molar refractivity (Wildman–Crippen MR) is 101 cm³/mol. The molecule has 0 fully saturated rings. The van der Waals surface area contributed by atoms with E-state index in [1.807, 2.05) is 24.6 Å². The molecule has 1 unspecified atom stereocenters. The van der Waals surface area contributed by atoms with E-state index in [-0.39, 0.29) is 16.6 Å². The van der Waals surface area contributed by atoms with E-state index in [2.05, 4.69) is 0 Å². The number of nitrogens with one attached hydrogen (secondary N) is 1. The normalized spacial score (nSPS) is 16.1. The van der Waals surface area contributed by atoms with E-state index in [9.17, 15) is 18.0 Å². The molecular formula is C20H21NO5S.